The molecule has 1 aliphatic heterocycles. The number of piperazine rings is 1. The summed E-state index contributed by atoms with van der Waals surface area (Å²) >= 11 is 0. The second-order valence-corrected chi connectivity index (χ2v) is 6.12. The summed E-state index contributed by atoms with van der Waals surface area (Å²) in [7, 11) is 1.85. The summed E-state index contributed by atoms with van der Waals surface area (Å²) in [5.74, 6) is 0.952. The molecule has 22 heavy (non-hydrogen) atoms. The molecular weight excluding hydrogens is 274 g/mol. The number of rotatable bonds is 10. The van der Waals surface area contributed by atoms with Gasteiger partial charge in [-0.25, -0.2) is 0 Å². The van der Waals surface area contributed by atoms with Crippen molar-refractivity contribution in [2.45, 2.75) is 46.0 Å². The molecule has 5 nitrogen and oxygen atoms in total. The summed E-state index contributed by atoms with van der Waals surface area (Å²) in [4.78, 5) is 9.40. The van der Waals surface area contributed by atoms with Gasteiger partial charge in [0.05, 0.1) is 0 Å². The van der Waals surface area contributed by atoms with Crippen LogP contribution < -0.4 is 10.6 Å². The summed E-state index contributed by atoms with van der Waals surface area (Å²) in [6.45, 7) is 13.9. The Balaban J connectivity index is 1.97. The SMILES string of the molecule is CCCCCNC(=NC)NCCCCN1CCN(CC)CC1. The fourth-order valence-corrected chi connectivity index (χ4v) is 2.80. The van der Waals surface area contributed by atoms with Gasteiger partial charge in [0.1, 0.15) is 0 Å². The number of nitrogens with zero attached hydrogens (tertiary/aromatic N) is 3. The van der Waals surface area contributed by atoms with E-state index in [1.54, 1.807) is 0 Å². The highest BCUT2D eigenvalue weighted by molar-refractivity contribution is 5.79. The predicted molar refractivity (Wildman–Crippen MR) is 96.7 cm³/mol. The molecule has 1 fully saturated rings. The number of guanidine groups is 1. The van der Waals surface area contributed by atoms with Crippen LogP contribution in [0.2, 0.25) is 0 Å². The zero-order valence-electron chi connectivity index (χ0n) is 15.0. The third-order valence-corrected chi connectivity index (χ3v) is 4.40. The molecule has 1 aliphatic rings. The van der Waals surface area contributed by atoms with Crippen LogP contribution >= 0.6 is 0 Å². The molecule has 0 aromatic rings. The average molecular weight is 312 g/mol. The Labute approximate surface area is 137 Å². The molecule has 0 unspecified atom stereocenters. The van der Waals surface area contributed by atoms with Crippen molar-refractivity contribution in [2.24, 2.45) is 4.99 Å². The maximum absolute atomic E-state index is 4.27. The number of likely N-dealkylation sites (N-methyl/N-ethyl adjacent to an activating group) is 1. The zero-order valence-corrected chi connectivity index (χ0v) is 15.0. The van der Waals surface area contributed by atoms with Gasteiger partial charge in [0.15, 0.2) is 5.96 Å². The van der Waals surface area contributed by atoms with Gasteiger partial charge in [-0.1, -0.05) is 26.7 Å². The van der Waals surface area contributed by atoms with E-state index in [1.165, 1.54) is 71.4 Å². The van der Waals surface area contributed by atoms with Gasteiger partial charge < -0.3 is 20.4 Å². The Hall–Kier alpha value is -0.810. The molecule has 0 bridgehead atoms. The zero-order chi connectivity index (χ0) is 16.0. The van der Waals surface area contributed by atoms with Gasteiger partial charge >= 0.3 is 0 Å². The van der Waals surface area contributed by atoms with Crippen LogP contribution in [0.1, 0.15) is 46.0 Å². The van der Waals surface area contributed by atoms with E-state index in [9.17, 15) is 0 Å². The van der Waals surface area contributed by atoms with Crippen molar-refractivity contribution >= 4 is 5.96 Å². The molecule has 1 rings (SSSR count). The van der Waals surface area contributed by atoms with Crippen LogP contribution in [0.4, 0.5) is 0 Å². The molecular formula is C17H37N5. The van der Waals surface area contributed by atoms with Crippen LogP contribution in [0.15, 0.2) is 4.99 Å². The van der Waals surface area contributed by atoms with Crippen molar-refractivity contribution in [2.75, 3.05) is 59.4 Å². The van der Waals surface area contributed by atoms with E-state index in [0.717, 1.165) is 19.0 Å². The molecule has 1 heterocycles. The van der Waals surface area contributed by atoms with Gasteiger partial charge in [-0.2, -0.15) is 0 Å². The highest BCUT2D eigenvalue weighted by atomic mass is 15.3. The minimum atomic E-state index is 0.952. The Kier molecular flexibility index (Phi) is 11.1. The molecule has 0 aromatic carbocycles. The van der Waals surface area contributed by atoms with Gasteiger partial charge in [-0.15, -0.1) is 0 Å². The van der Waals surface area contributed by atoms with Gasteiger partial charge in [0.25, 0.3) is 0 Å². The van der Waals surface area contributed by atoms with Gasteiger partial charge in [0, 0.05) is 46.3 Å². The minimum absolute atomic E-state index is 0.952. The van der Waals surface area contributed by atoms with E-state index in [4.69, 9.17) is 0 Å². The van der Waals surface area contributed by atoms with Crippen molar-refractivity contribution in [3.05, 3.63) is 0 Å². The third kappa shape index (κ3) is 8.59. The summed E-state index contributed by atoms with van der Waals surface area (Å²) in [6, 6.07) is 0. The Morgan fingerprint density at radius 3 is 2.00 bits per heavy atom. The highest BCUT2D eigenvalue weighted by Gasteiger charge is 2.14. The van der Waals surface area contributed by atoms with Gasteiger partial charge in [-0.3, -0.25) is 4.99 Å². The lowest BCUT2D eigenvalue weighted by Gasteiger charge is -2.34. The first-order chi connectivity index (χ1) is 10.8. The Morgan fingerprint density at radius 2 is 1.45 bits per heavy atom. The Morgan fingerprint density at radius 1 is 0.864 bits per heavy atom. The number of hydrogen-bond acceptors (Lipinski definition) is 3. The van der Waals surface area contributed by atoms with E-state index < -0.39 is 0 Å². The largest absolute Gasteiger partial charge is 0.356 e. The molecule has 0 aliphatic carbocycles. The molecule has 0 atom stereocenters. The summed E-state index contributed by atoms with van der Waals surface area (Å²) in [6.07, 6.45) is 6.26. The summed E-state index contributed by atoms with van der Waals surface area (Å²) in [5.41, 5.74) is 0. The first kappa shape index (κ1) is 19.2. The first-order valence-corrected chi connectivity index (χ1v) is 9.19. The number of aliphatic imine (C=N–C) groups is 1. The van der Waals surface area contributed by atoms with Crippen LogP contribution in [-0.2, 0) is 0 Å². The maximum Gasteiger partial charge on any atom is 0.190 e. The third-order valence-electron chi connectivity index (χ3n) is 4.40. The number of nitrogens with one attached hydrogen (secondary N) is 2. The monoisotopic (exact) mass is 311 g/mol. The lowest BCUT2D eigenvalue weighted by Crippen LogP contribution is -2.46. The molecule has 0 amide bonds. The van der Waals surface area contributed by atoms with E-state index in [0.29, 0.717) is 0 Å². The summed E-state index contributed by atoms with van der Waals surface area (Å²) < 4.78 is 0. The van der Waals surface area contributed by atoms with Crippen LogP contribution in [-0.4, -0.2) is 75.2 Å². The van der Waals surface area contributed by atoms with Crippen LogP contribution in [0.3, 0.4) is 0 Å². The lowest BCUT2D eigenvalue weighted by molar-refractivity contribution is 0.136. The van der Waals surface area contributed by atoms with E-state index >= 15 is 0 Å². The van der Waals surface area contributed by atoms with Crippen molar-refractivity contribution in [1.82, 2.24) is 20.4 Å². The van der Waals surface area contributed by atoms with Crippen molar-refractivity contribution in [3.63, 3.8) is 0 Å². The maximum atomic E-state index is 4.27. The molecule has 2 N–H and O–H groups in total. The molecule has 1 saturated heterocycles. The lowest BCUT2D eigenvalue weighted by atomic mass is 10.2. The fourth-order valence-electron chi connectivity index (χ4n) is 2.80. The van der Waals surface area contributed by atoms with Crippen molar-refractivity contribution < 1.29 is 0 Å². The number of hydrogen-bond donors (Lipinski definition) is 2. The summed E-state index contributed by atoms with van der Waals surface area (Å²) in [5, 5.41) is 6.79. The fraction of sp³-hybridized carbons (Fsp3) is 0.941. The van der Waals surface area contributed by atoms with E-state index in [-0.39, 0.29) is 0 Å². The number of unbranched alkanes of at least 4 members (excludes halogenated alkanes) is 3. The second kappa shape index (κ2) is 12.7. The Bertz CT molecular complexity index is 285. The second-order valence-electron chi connectivity index (χ2n) is 6.12. The molecule has 130 valence electrons. The smallest absolute Gasteiger partial charge is 0.190 e. The molecule has 0 spiro atoms. The first-order valence-electron chi connectivity index (χ1n) is 9.19. The van der Waals surface area contributed by atoms with Crippen molar-refractivity contribution in [3.8, 4) is 0 Å². The molecule has 0 aromatic heterocycles. The average Bonchev–Trinajstić information content (AvgIpc) is 2.57. The van der Waals surface area contributed by atoms with Crippen LogP contribution in [0.25, 0.3) is 0 Å². The van der Waals surface area contributed by atoms with Crippen molar-refractivity contribution in [1.29, 1.82) is 0 Å². The normalized spacial score (nSPS) is 17.7. The van der Waals surface area contributed by atoms with Gasteiger partial charge in [-0.05, 0) is 32.4 Å². The predicted octanol–water partition coefficient (Wildman–Crippen LogP) is 1.76. The van der Waals surface area contributed by atoms with Crippen LogP contribution in [0.5, 0.6) is 0 Å². The van der Waals surface area contributed by atoms with E-state index in [1.807, 2.05) is 7.05 Å². The highest BCUT2D eigenvalue weighted by Crippen LogP contribution is 2.02. The minimum Gasteiger partial charge on any atom is -0.356 e. The molecule has 5 heteroatoms. The van der Waals surface area contributed by atoms with Crippen LogP contribution in [0, 0.1) is 0 Å². The quantitative estimate of drug-likeness (QED) is 0.366. The van der Waals surface area contributed by atoms with E-state index in [2.05, 4.69) is 39.3 Å². The topological polar surface area (TPSA) is 42.9 Å². The van der Waals surface area contributed by atoms with Gasteiger partial charge in [0.2, 0.25) is 0 Å². The molecule has 0 saturated carbocycles. The molecule has 0 radical (unpaired) electrons. The standard InChI is InChI=1S/C17H37N5/c1-4-6-7-10-19-17(18-3)20-11-8-9-12-22-15-13-21(5-2)14-16-22/h4-16H2,1-3H3,(H2,18,19,20).